The van der Waals surface area contributed by atoms with Crippen molar-refractivity contribution in [3.05, 3.63) is 90.0 Å². The van der Waals surface area contributed by atoms with Gasteiger partial charge in [-0.05, 0) is 61.0 Å². The van der Waals surface area contributed by atoms with E-state index in [-0.39, 0.29) is 34.2 Å². The molecule has 0 amide bonds. The Kier molecular flexibility index (Phi) is 7.52. The molecule has 3 rings (SSSR count). The quantitative estimate of drug-likeness (QED) is 0.462. The lowest BCUT2D eigenvalue weighted by atomic mass is 10.2. The van der Waals surface area contributed by atoms with Crippen LogP contribution in [0.4, 0.5) is 5.69 Å². The third-order valence-electron chi connectivity index (χ3n) is 4.74. The summed E-state index contributed by atoms with van der Waals surface area (Å²) in [6.45, 7) is 2.10. The van der Waals surface area contributed by atoms with E-state index in [1.54, 1.807) is 6.92 Å². The molecule has 174 valence electrons. The maximum atomic E-state index is 12.8. The van der Waals surface area contributed by atoms with E-state index in [4.69, 9.17) is 4.74 Å². The highest BCUT2D eigenvalue weighted by atomic mass is 32.2. The molecule has 0 bridgehead atoms. The van der Waals surface area contributed by atoms with Gasteiger partial charge >= 0.3 is 5.97 Å². The van der Waals surface area contributed by atoms with Crippen molar-refractivity contribution in [1.82, 2.24) is 4.31 Å². The molecule has 0 heterocycles. The second-order valence-corrected chi connectivity index (χ2v) is 10.8. The van der Waals surface area contributed by atoms with Crippen LogP contribution in [0.1, 0.15) is 22.8 Å². The summed E-state index contributed by atoms with van der Waals surface area (Å²) < 4.78 is 59.5. The number of carbonyl (C=O) groups is 1. The molecule has 0 aromatic heterocycles. The minimum atomic E-state index is -3.94. The van der Waals surface area contributed by atoms with Crippen LogP contribution in [0, 0.1) is 0 Å². The van der Waals surface area contributed by atoms with Crippen LogP contribution in [0.3, 0.4) is 0 Å². The second kappa shape index (κ2) is 10.2. The topological polar surface area (TPSA) is 110 Å². The Bertz CT molecular complexity index is 1310. The SMILES string of the molecule is CCOC(=O)c1ccc(S(=O)(=O)Nc2ccc(S(=O)(=O)N(C)Cc3ccccc3)cc2)cc1. The van der Waals surface area contributed by atoms with E-state index in [9.17, 15) is 21.6 Å². The minimum absolute atomic E-state index is 0.0441. The standard InChI is InChI=1S/C23H24N2O6S2/c1-3-31-23(26)19-9-13-21(14-10-19)32(27,28)24-20-11-15-22(16-12-20)33(29,30)25(2)17-18-7-5-4-6-8-18/h4-16,24H,3,17H2,1-2H3. The number of esters is 1. The molecule has 0 spiro atoms. The number of sulfonamides is 2. The molecular formula is C23H24N2O6S2. The van der Waals surface area contributed by atoms with Crippen molar-refractivity contribution < 1.29 is 26.4 Å². The number of hydrogen-bond acceptors (Lipinski definition) is 6. The molecule has 8 nitrogen and oxygen atoms in total. The second-order valence-electron chi connectivity index (χ2n) is 7.12. The zero-order valence-corrected chi connectivity index (χ0v) is 19.8. The van der Waals surface area contributed by atoms with E-state index in [1.807, 2.05) is 30.3 Å². The fourth-order valence-corrected chi connectivity index (χ4v) is 5.22. The molecule has 0 aliphatic heterocycles. The number of nitrogens with one attached hydrogen (secondary N) is 1. The smallest absolute Gasteiger partial charge is 0.338 e. The maximum Gasteiger partial charge on any atom is 0.338 e. The van der Waals surface area contributed by atoms with Crippen LogP contribution in [-0.2, 0) is 31.3 Å². The van der Waals surface area contributed by atoms with Gasteiger partial charge in [0.2, 0.25) is 10.0 Å². The van der Waals surface area contributed by atoms with E-state index in [0.29, 0.717) is 0 Å². The van der Waals surface area contributed by atoms with Gasteiger partial charge in [-0.1, -0.05) is 30.3 Å². The average molecular weight is 489 g/mol. The Hall–Kier alpha value is -3.21. The summed E-state index contributed by atoms with van der Waals surface area (Å²) in [5.74, 6) is -0.538. The number of ether oxygens (including phenoxy) is 1. The van der Waals surface area contributed by atoms with Gasteiger partial charge in [-0.15, -0.1) is 0 Å². The molecule has 10 heteroatoms. The number of benzene rings is 3. The Morgan fingerprint density at radius 3 is 2.00 bits per heavy atom. The van der Waals surface area contributed by atoms with Crippen molar-refractivity contribution in [3.63, 3.8) is 0 Å². The molecule has 0 unspecified atom stereocenters. The van der Waals surface area contributed by atoms with Crippen LogP contribution in [0.5, 0.6) is 0 Å². The molecule has 33 heavy (non-hydrogen) atoms. The average Bonchev–Trinajstić information content (AvgIpc) is 2.80. The zero-order valence-electron chi connectivity index (χ0n) is 18.1. The third-order valence-corrected chi connectivity index (χ3v) is 7.95. The first-order valence-corrected chi connectivity index (χ1v) is 13.0. The van der Waals surface area contributed by atoms with E-state index >= 15 is 0 Å². The Morgan fingerprint density at radius 2 is 1.42 bits per heavy atom. The van der Waals surface area contributed by atoms with Crippen LogP contribution < -0.4 is 4.72 Å². The predicted molar refractivity (Wildman–Crippen MR) is 125 cm³/mol. The van der Waals surface area contributed by atoms with Crippen LogP contribution >= 0.6 is 0 Å². The zero-order chi connectivity index (χ0) is 24.1. The number of carbonyl (C=O) groups excluding carboxylic acids is 1. The summed E-state index contributed by atoms with van der Waals surface area (Å²) in [6, 6.07) is 20.0. The Morgan fingerprint density at radius 1 is 0.848 bits per heavy atom. The molecule has 3 aromatic carbocycles. The summed E-state index contributed by atoms with van der Waals surface area (Å²) >= 11 is 0. The predicted octanol–water partition coefficient (Wildman–Crippen LogP) is 3.48. The molecule has 0 radical (unpaired) electrons. The highest BCUT2D eigenvalue weighted by molar-refractivity contribution is 7.92. The van der Waals surface area contributed by atoms with Crippen molar-refractivity contribution >= 4 is 31.7 Å². The first-order chi connectivity index (χ1) is 15.6. The Balaban J connectivity index is 1.72. The van der Waals surface area contributed by atoms with Gasteiger partial charge in [0.25, 0.3) is 10.0 Å². The lowest BCUT2D eigenvalue weighted by molar-refractivity contribution is 0.0526. The lowest BCUT2D eigenvalue weighted by Gasteiger charge is -2.17. The van der Waals surface area contributed by atoms with Crippen LogP contribution in [0.15, 0.2) is 88.7 Å². The summed E-state index contributed by atoms with van der Waals surface area (Å²) in [6.07, 6.45) is 0. The molecule has 0 fully saturated rings. The summed E-state index contributed by atoms with van der Waals surface area (Å²) in [4.78, 5) is 11.7. The van der Waals surface area contributed by atoms with Gasteiger partial charge in [-0.3, -0.25) is 4.72 Å². The number of rotatable bonds is 9. The number of anilines is 1. The van der Waals surface area contributed by atoms with Crippen molar-refractivity contribution in [2.24, 2.45) is 0 Å². The minimum Gasteiger partial charge on any atom is -0.462 e. The van der Waals surface area contributed by atoms with E-state index in [2.05, 4.69) is 4.72 Å². The van der Waals surface area contributed by atoms with Crippen LogP contribution in [-0.4, -0.2) is 40.8 Å². The normalized spacial score (nSPS) is 11.8. The fraction of sp³-hybridized carbons (Fsp3) is 0.174. The maximum absolute atomic E-state index is 12.8. The van der Waals surface area contributed by atoms with Gasteiger partial charge in [-0.2, -0.15) is 4.31 Å². The molecule has 0 aliphatic carbocycles. The molecule has 0 atom stereocenters. The van der Waals surface area contributed by atoms with E-state index < -0.39 is 26.0 Å². The summed E-state index contributed by atoms with van der Waals surface area (Å²) in [5.41, 5.74) is 1.29. The lowest BCUT2D eigenvalue weighted by Crippen LogP contribution is -2.26. The van der Waals surface area contributed by atoms with Gasteiger partial charge in [0.05, 0.1) is 22.0 Å². The Labute approximate surface area is 193 Å². The van der Waals surface area contributed by atoms with Crippen molar-refractivity contribution in [3.8, 4) is 0 Å². The number of nitrogens with zero attached hydrogens (tertiary/aromatic N) is 1. The van der Waals surface area contributed by atoms with E-state index in [1.165, 1.54) is 59.9 Å². The van der Waals surface area contributed by atoms with E-state index in [0.717, 1.165) is 5.56 Å². The van der Waals surface area contributed by atoms with Gasteiger partial charge in [0, 0.05) is 19.3 Å². The molecular weight excluding hydrogens is 464 g/mol. The first kappa shape index (κ1) is 24.4. The molecule has 3 aromatic rings. The monoisotopic (exact) mass is 488 g/mol. The fourth-order valence-electron chi connectivity index (χ4n) is 3.00. The third kappa shape index (κ3) is 5.98. The summed E-state index contributed by atoms with van der Waals surface area (Å²) in [7, 11) is -6.21. The number of hydrogen-bond donors (Lipinski definition) is 1. The first-order valence-electron chi connectivity index (χ1n) is 10.0. The molecule has 0 saturated heterocycles. The molecule has 0 saturated carbocycles. The van der Waals surface area contributed by atoms with Crippen molar-refractivity contribution in [2.75, 3.05) is 18.4 Å². The van der Waals surface area contributed by atoms with Crippen LogP contribution in [0.25, 0.3) is 0 Å². The van der Waals surface area contributed by atoms with Crippen molar-refractivity contribution in [2.45, 2.75) is 23.3 Å². The highest BCUT2D eigenvalue weighted by Crippen LogP contribution is 2.22. The molecule has 1 N–H and O–H groups in total. The largest absolute Gasteiger partial charge is 0.462 e. The highest BCUT2D eigenvalue weighted by Gasteiger charge is 2.21. The van der Waals surface area contributed by atoms with Gasteiger partial charge in [0.1, 0.15) is 0 Å². The van der Waals surface area contributed by atoms with Gasteiger partial charge in [-0.25, -0.2) is 21.6 Å². The van der Waals surface area contributed by atoms with Crippen molar-refractivity contribution in [1.29, 1.82) is 0 Å². The molecule has 0 aliphatic rings. The van der Waals surface area contributed by atoms with Gasteiger partial charge in [0.15, 0.2) is 0 Å². The summed E-state index contributed by atoms with van der Waals surface area (Å²) in [5, 5.41) is 0. The van der Waals surface area contributed by atoms with Crippen LogP contribution in [0.2, 0.25) is 0 Å². The van der Waals surface area contributed by atoms with Gasteiger partial charge < -0.3 is 4.74 Å².